The van der Waals surface area contributed by atoms with Crippen molar-refractivity contribution in [3.05, 3.63) is 76.8 Å². The molecule has 8 heteroatoms. The summed E-state index contributed by atoms with van der Waals surface area (Å²) in [6.07, 6.45) is 4.99. The molecule has 1 fully saturated rings. The van der Waals surface area contributed by atoms with E-state index in [-0.39, 0.29) is 5.91 Å². The van der Waals surface area contributed by atoms with E-state index < -0.39 is 0 Å². The first-order valence-corrected chi connectivity index (χ1v) is 12.0. The first-order valence-electron chi connectivity index (χ1n) is 12.0. The monoisotopic (exact) mass is 468 g/mol. The number of benzene rings is 2. The lowest BCUT2D eigenvalue weighted by atomic mass is 9.81. The number of nitrogens with one attached hydrogen (secondary N) is 3. The summed E-state index contributed by atoms with van der Waals surface area (Å²) in [6.45, 7) is 3.22. The van der Waals surface area contributed by atoms with Crippen molar-refractivity contribution in [1.82, 2.24) is 9.88 Å². The quantitative estimate of drug-likeness (QED) is 0.313. The molecule has 2 aromatic carbocycles. The zero-order chi connectivity index (χ0) is 24.4. The van der Waals surface area contributed by atoms with Gasteiger partial charge in [-0.1, -0.05) is 6.07 Å². The highest BCUT2D eigenvalue weighted by Crippen LogP contribution is 2.41. The first-order chi connectivity index (χ1) is 17.0. The zero-order valence-corrected chi connectivity index (χ0v) is 19.8. The minimum Gasteiger partial charge on any atom is -0.810 e. The third kappa shape index (κ3) is 4.83. The van der Waals surface area contributed by atoms with Gasteiger partial charge in [0.1, 0.15) is 5.82 Å². The van der Waals surface area contributed by atoms with Gasteiger partial charge in [0.05, 0.1) is 5.56 Å². The molecule has 1 atom stereocenters. The molecular weight excluding hydrogens is 438 g/mol. The predicted octanol–water partition coefficient (Wildman–Crippen LogP) is 4.50. The molecule has 0 spiro atoms. The number of amides is 1. The fourth-order valence-electron chi connectivity index (χ4n) is 5.08. The average molecular weight is 469 g/mol. The molecule has 5 N–H and O–H groups in total. The Labute approximate surface area is 205 Å². The topological polar surface area (TPSA) is 118 Å². The highest BCUT2D eigenvalue weighted by atomic mass is 16.1. The minimum absolute atomic E-state index is 0.240. The number of likely N-dealkylation sites (tertiary alicyclic amines) is 1. The van der Waals surface area contributed by atoms with Crippen LogP contribution in [-0.2, 0) is 0 Å². The van der Waals surface area contributed by atoms with Crippen LogP contribution in [0.5, 0.6) is 0 Å². The number of fused-ring (bicyclic) bond motifs is 1. The normalized spacial score (nSPS) is 17.9. The number of hydrogen-bond donors (Lipinski definition) is 4. The summed E-state index contributed by atoms with van der Waals surface area (Å²) in [6, 6.07) is 14.7. The van der Waals surface area contributed by atoms with Gasteiger partial charge in [-0.2, -0.15) is 6.21 Å². The van der Waals surface area contributed by atoms with Crippen LogP contribution < -0.4 is 21.7 Å². The van der Waals surface area contributed by atoms with Crippen molar-refractivity contribution in [2.45, 2.75) is 18.8 Å². The van der Waals surface area contributed by atoms with Crippen LogP contribution in [0.25, 0.3) is 5.41 Å². The molecule has 3 heterocycles. The highest BCUT2D eigenvalue weighted by molar-refractivity contribution is 6.08. The largest absolute Gasteiger partial charge is 0.810 e. The number of nitrogens with two attached hydrogens (primary N) is 1. The Bertz CT molecular complexity index is 1250. The Hall–Kier alpha value is -3.91. The fraction of sp³-hybridized carbons (Fsp3) is 0.296. The average Bonchev–Trinajstić information content (AvgIpc) is 3.28. The van der Waals surface area contributed by atoms with Gasteiger partial charge in [0.2, 0.25) is 0 Å². The van der Waals surface area contributed by atoms with E-state index in [0.29, 0.717) is 40.2 Å². The van der Waals surface area contributed by atoms with Crippen molar-refractivity contribution in [1.29, 1.82) is 0 Å². The van der Waals surface area contributed by atoms with E-state index >= 15 is 0 Å². The number of piperidine rings is 1. The molecule has 3 aromatic rings. The van der Waals surface area contributed by atoms with Crippen molar-refractivity contribution in [3.63, 3.8) is 0 Å². The molecule has 2 aliphatic rings. The molecular formula is C27H30N7O-. The number of aromatic nitrogens is 1. The number of nitrogen functional groups attached to an aromatic ring is 1. The predicted molar refractivity (Wildman–Crippen MR) is 143 cm³/mol. The first kappa shape index (κ1) is 22.9. The molecule has 1 unspecified atom stereocenters. The van der Waals surface area contributed by atoms with E-state index in [9.17, 15) is 10.2 Å². The summed E-state index contributed by atoms with van der Waals surface area (Å²) in [5.41, 5.74) is 11.2. The zero-order valence-electron chi connectivity index (χ0n) is 19.8. The van der Waals surface area contributed by atoms with Crippen LogP contribution in [0.2, 0.25) is 0 Å². The number of pyridine rings is 1. The smallest absolute Gasteiger partial charge is 0.259 e. The molecule has 0 bridgehead atoms. The van der Waals surface area contributed by atoms with Crippen LogP contribution in [-0.4, -0.2) is 48.7 Å². The SMILES string of the molecule is CN1CCC(C2CNc3ccc(NC(=O)c4cccnc4Nc4ccc(C=[N-])c(N)c4)cc32)CC1. The van der Waals surface area contributed by atoms with Crippen molar-refractivity contribution in [3.8, 4) is 0 Å². The standard InChI is InChI=1S/C27H30N7O/c1-34-11-8-17(9-12-34)23-16-31-25-7-6-19(13-22(23)25)33-27(35)21-3-2-10-30-26(21)32-20-5-4-18(15-28)24(29)14-20/h2-7,10,13-15,17,23,31H,8-9,11-12,16,29H2,1H3,(H,30,32)(H,33,35)/q-1. The molecule has 1 aromatic heterocycles. The van der Waals surface area contributed by atoms with Gasteiger partial charge in [-0.15, -0.1) is 0 Å². The van der Waals surface area contributed by atoms with Gasteiger partial charge in [-0.05, 0) is 92.5 Å². The summed E-state index contributed by atoms with van der Waals surface area (Å²) in [5.74, 6) is 1.31. The molecule has 35 heavy (non-hydrogen) atoms. The minimum atomic E-state index is -0.240. The second-order valence-corrected chi connectivity index (χ2v) is 9.38. The van der Waals surface area contributed by atoms with Crippen LogP contribution >= 0.6 is 0 Å². The molecule has 1 amide bonds. The van der Waals surface area contributed by atoms with Gasteiger partial charge >= 0.3 is 0 Å². The Morgan fingerprint density at radius 1 is 1.17 bits per heavy atom. The van der Waals surface area contributed by atoms with Crippen LogP contribution in [0, 0.1) is 5.92 Å². The number of hydrogen-bond acceptors (Lipinski definition) is 6. The Balaban J connectivity index is 1.33. The molecule has 0 aliphatic carbocycles. The third-order valence-electron chi connectivity index (χ3n) is 7.09. The van der Waals surface area contributed by atoms with Crippen molar-refractivity contribution in [2.75, 3.05) is 48.4 Å². The number of rotatable bonds is 6. The molecule has 0 saturated carbocycles. The van der Waals surface area contributed by atoms with Crippen LogP contribution in [0.4, 0.5) is 28.6 Å². The lowest BCUT2D eigenvalue weighted by Gasteiger charge is -2.32. The Morgan fingerprint density at radius 2 is 1.97 bits per heavy atom. The molecule has 180 valence electrons. The van der Waals surface area contributed by atoms with Gasteiger partial charge in [0.15, 0.2) is 0 Å². The van der Waals surface area contributed by atoms with E-state index in [4.69, 9.17) is 5.73 Å². The summed E-state index contributed by atoms with van der Waals surface area (Å²) < 4.78 is 0. The van der Waals surface area contributed by atoms with Crippen molar-refractivity contribution in [2.24, 2.45) is 5.92 Å². The maximum atomic E-state index is 13.2. The summed E-state index contributed by atoms with van der Waals surface area (Å²) in [4.78, 5) is 20.0. The Morgan fingerprint density at radius 3 is 2.74 bits per heavy atom. The summed E-state index contributed by atoms with van der Waals surface area (Å²) in [5, 5.41) is 19.0. The number of carbonyl (C=O) groups excluding carboxylic acids is 1. The van der Waals surface area contributed by atoms with E-state index in [1.807, 2.05) is 6.07 Å². The third-order valence-corrected chi connectivity index (χ3v) is 7.09. The van der Waals surface area contributed by atoms with Gasteiger partial charge in [-0.25, -0.2) is 4.98 Å². The second kappa shape index (κ2) is 9.76. The second-order valence-electron chi connectivity index (χ2n) is 9.38. The van der Waals surface area contributed by atoms with Gasteiger partial charge in [-0.3, -0.25) is 4.79 Å². The van der Waals surface area contributed by atoms with Gasteiger partial charge < -0.3 is 32.0 Å². The molecule has 5 rings (SSSR count). The molecule has 0 radical (unpaired) electrons. The van der Waals surface area contributed by atoms with Crippen LogP contribution in [0.15, 0.2) is 54.7 Å². The molecule has 8 nitrogen and oxygen atoms in total. The molecule has 1 saturated heterocycles. The maximum Gasteiger partial charge on any atom is 0.259 e. The lowest BCUT2D eigenvalue weighted by Crippen LogP contribution is -2.33. The van der Waals surface area contributed by atoms with E-state index in [0.717, 1.165) is 37.2 Å². The van der Waals surface area contributed by atoms with Crippen molar-refractivity contribution >= 4 is 40.7 Å². The fourth-order valence-corrected chi connectivity index (χ4v) is 5.08. The molecule has 2 aliphatic heterocycles. The van der Waals surface area contributed by atoms with E-state index in [1.165, 1.54) is 18.4 Å². The summed E-state index contributed by atoms with van der Waals surface area (Å²) in [7, 11) is 2.18. The van der Waals surface area contributed by atoms with Gasteiger partial charge in [0, 0.05) is 41.4 Å². The van der Waals surface area contributed by atoms with E-state index in [2.05, 4.69) is 45.0 Å². The Kier molecular flexibility index (Phi) is 6.37. The number of carbonyl (C=O) groups is 1. The number of anilines is 5. The lowest BCUT2D eigenvalue weighted by molar-refractivity contribution is 0.102. The van der Waals surface area contributed by atoms with Gasteiger partial charge in [0.25, 0.3) is 5.91 Å². The number of nitrogens with zero attached hydrogens (tertiary/aromatic N) is 3. The van der Waals surface area contributed by atoms with Crippen LogP contribution in [0.3, 0.4) is 0 Å². The highest BCUT2D eigenvalue weighted by Gasteiger charge is 2.32. The van der Waals surface area contributed by atoms with E-state index in [1.54, 1.807) is 36.5 Å². The van der Waals surface area contributed by atoms with Crippen LogP contribution in [0.1, 0.15) is 40.2 Å². The van der Waals surface area contributed by atoms with Crippen molar-refractivity contribution < 1.29 is 4.79 Å². The summed E-state index contributed by atoms with van der Waals surface area (Å²) >= 11 is 0. The maximum absolute atomic E-state index is 13.2.